The Bertz CT molecular complexity index is 63.0. The molecule has 0 aliphatic carbocycles. The molecular weight excluding hydrogens is 127 g/mol. The second-order valence-corrected chi connectivity index (χ2v) is 1.50. The van der Waals surface area contributed by atoms with Gasteiger partial charge in [0.1, 0.15) is 10.2 Å². The minimum absolute atomic E-state index is 0.454. The van der Waals surface area contributed by atoms with E-state index in [2.05, 4.69) is 4.29 Å². The molecule has 7 heavy (non-hydrogen) atoms. The predicted octanol–water partition coefficient (Wildman–Crippen LogP) is -3.94. The molecule has 0 aliphatic heterocycles. The summed E-state index contributed by atoms with van der Waals surface area (Å²) in [5.41, 5.74) is 0. The summed E-state index contributed by atoms with van der Waals surface area (Å²) >= 11 is 0. The Kier molecular flexibility index (Phi) is 1.97. The Balaban J connectivity index is 3.34. The van der Waals surface area contributed by atoms with Gasteiger partial charge in [-0.15, -0.1) is 0 Å². The van der Waals surface area contributed by atoms with Gasteiger partial charge >= 0.3 is 6.47 Å². The molecule has 0 aromatic carbocycles. The fourth-order valence-corrected chi connectivity index (χ4v) is 0.134. The maximum atomic E-state index is 9.19. The molecular formula is CHClO5. The average Bonchev–Trinajstić information content (AvgIpc) is 1.30. The molecule has 0 radical (unpaired) electrons. The molecule has 0 amide bonds. The Morgan fingerprint density at radius 2 is 1.86 bits per heavy atom. The van der Waals surface area contributed by atoms with E-state index in [0.717, 1.165) is 0 Å². The van der Waals surface area contributed by atoms with Gasteiger partial charge < -0.3 is 0 Å². The lowest BCUT2D eigenvalue weighted by Gasteiger charge is -2.06. The van der Waals surface area contributed by atoms with E-state index in [1.807, 2.05) is 0 Å². The van der Waals surface area contributed by atoms with Gasteiger partial charge in [-0.25, -0.2) is 4.79 Å². The van der Waals surface area contributed by atoms with Crippen LogP contribution < -0.4 is 14.0 Å². The van der Waals surface area contributed by atoms with Crippen molar-refractivity contribution in [1.29, 1.82) is 0 Å². The molecule has 6 heteroatoms. The summed E-state index contributed by atoms with van der Waals surface area (Å²) in [5.74, 6) is 0. The molecule has 0 heterocycles. The van der Waals surface area contributed by atoms with Gasteiger partial charge in [-0.05, 0) is 4.29 Å². The third-order valence-corrected chi connectivity index (χ3v) is 0.436. The zero-order valence-electron chi connectivity index (χ0n) is 3.00. The van der Waals surface area contributed by atoms with Gasteiger partial charge in [0, 0.05) is 0 Å². The van der Waals surface area contributed by atoms with E-state index >= 15 is 0 Å². The first-order valence-corrected chi connectivity index (χ1v) is 2.32. The van der Waals surface area contributed by atoms with Crippen LogP contribution >= 0.6 is 0 Å². The summed E-state index contributed by atoms with van der Waals surface area (Å²) in [4.78, 5) is 9.01. The van der Waals surface area contributed by atoms with Gasteiger partial charge in [0.2, 0.25) is 0 Å². The summed E-state index contributed by atoms with van der Waals surface area (Å²) in [6.45, 7) is -0.454. The van der Waals surface area contributed by atoms with Crippen molar-refractivity contribution in [1.82, 2.24) is 0 Å². The maximum absolute atomic E-state index is 9.19. The summed E-state index contributed by atoms with van der Waals surface area (Å²) in [6, 6.07) is 0. The fourth-order valence-electron chi connectivity index (χ4n) is 0.0445. The molecule has 0 atom stereocenters. The van der Waals surface area contributed by atoms with Crippen LogP contribution in [0.4, 0.5) is 0 Å². The van der Waals surface area contributed by atoms with E-state index in [4.69, 9.17) is 4.79 Å². The maximum Gasteiger partial charge on any atom is 0.452 e. The van der Waals surface area contributed by atoms with E-state index in [9.17, 15) is 14.0 Å². The lowest BCUT2D eigenvalue weighted by Crippen LogP contribution is -2.60. The third kappa shape index (κ3) is 5.64. The van der Waals surface area contributed by atoms with Crippen LogP contribution in [0.1, 0.15) is 0 Å². The number of rotatable bonds is 2. The van der Waals surface area contributed by atoms with Crippen LogP contribution in [0.15, 0.2) is 0 Å². The zero-order valence-corrected chi connectivity index (χ0v) is 3.75. The summed E-state index contributed by atoms with van der Waals surface area (Å²) in [6.07, 6.45) is 0. The Morgan fingerprint density at radius 3 is 1.86 bits per heavy atom. The number of halogens is 1. The van der Waals surface area contributed by atoms with E-state index in [-0.39, 0.29) is 0 Å². The van der Waals surface area contributed by atoms with Crippen LogP contribution in [0.25, 0.3) is 0 Å². The molecule has 0 fully saturated rings. The van der Waals surface area contributed by atoms with Gasteiger partial charge in [-0.1, -0.05) is 0 Å². The minimum Gasteiger partial charge on any atom is -0.238 e. The first-order valence-electron chi connectivity index (χ1n) is 1.09. The van der Waals surface area contributed by atoms with Crippen LogP contribution in [-0.2, 0) is 9.08 Å². The van der Waals surface area contributed by atoms with Gasteiger partial charge in [-0.2, -0.15) is 14.0 Å². The van der Waals surface area contributed by atoms with Crippen LogP contribution in [0.3, 0.4) is 0 Å². The van der Waals surface area contributed by atoms with Gasteiger partial charge in [0.25, 0.3) is 0 Å². The zero-order chi connectivity index (χ0) is 5.91. The van der Waals surface area contributed by atoms with Crippen molar-refractivity contribution in [2.24, 2.45) is 0 Å². The van der Waals surface area contributed by atoms with Crippen molar-refractivity contribution in [2.45, 2.75) is 0 Å². The van der Waals surface area contributed by atoms with Crippen molar-refractivity contribution in [3.8, 4) is 0 Å². The second kappa shape index (κ2) is 2.08. The van der Waals surface area contributed by atoms with E-state index in [1.54, 1.807) is 0 Å². The molecule has 0 spiro atoms. The molecule has 0 aromatic rings. The summed E-state index contributed by atoms with van der Waals surface area (Å²) < 4.78 is 30.5. The third-order valence-electron chi connectivity index (χ3n) is 0.145. The minimum atomic E-state index is -4.55. The highest BCUT2D eigenvalue weighted by Crippen LogP contribution is 1.78. The molecule has 0 saturated carbocycles. The molecule has 5 nitrogen and oxygen atoms in total. The molecule has 42 valence electrons. The highest BCUT2D eigenvalue weighted by molar-refractivity contribution is 5.35. The lowest BCUT2D eigenvalue weighted by atomic mass is 11.7. The topological polar surface area (TPSA) is 95.5 Å². The monoisotopic (exact) mass is 128 g/mol. The number of hydrogen-bond donors (Lipinski definition) is 0. The number of carbonyl (C=O) groups is 1. The number of carbonyl (C=O) groups excluding carboxylic acids is 1. The summed E-state index contributed by atoms with van der Waals surface area (Å²) in [7, 11) is -4.55. The first kappa shape index (κ1) is 6.64. The lowest BCUT2D eigenvalue weighted by molar-refractivity contribution is -1.91. The molecule has 0 saturated heterocycles. The van der Waals surface area contributed by atoms with Crippen molar-refractivity contribution in [2.75, 3.05) is 0 Å². The molecule has 0 aromatic heterocycles. The average molecular weight is 128 g/mol. The van der Waals surface area contributed by atoms with Gasteiger partial charge in [0.15, 0.2) is 0 Å². The van der Waals surface area contributed by atoms with E-state index in [0.29, 0.717) is 0 Å². The standard InChI is InChI=1S/CHClO5/c3-1-7-2(4,5)6/h1H. The molecule has 0 aliphatic rings. The van der Waals surface area contributed by atoms with Crippen LogP contribution in [0.5, 0.6) is 0 Å². The van der Waals surface area contributed by atoms with E-state index < -0.39 is 16.7 Å². The largest absolute Gasteiger partial charge is 0.452 e. The highest BCUT2D eigenvalue weighted by Gasteiger charge is 2.13. The van der Waals surface area contributed by atoms with E-state index in [1.165, 1.54) is 0 Å². The molecule has 0 unspecified atom stereocenters. The van der Waals surface area contributed by atoms with Crippen LogP contribution in [0, 0.1) is 10.2 Å². The number of hydrogen-bond acceptors (Lipinski definition) is 5. The Hall–Kier alpha value is -0.360. The fraction of sp³-hybridized carbons (Fsp3) is 0. The molecule has 0 N–H and O–H groups in total. The van der Waals surface area contributed by atoms with Crippen molar-refractivity contribution >= 4 is 6.47 Å². The van der Waals surface area contributed by atoms with Gasteiger partial charge in [0.05, 0.1) is 0 Å². The first-order chi connectivity index (χ1) is 3.06. The Morgan fingerprint density at radius 1 is 1.43 bits per heavy atom. The SMILES string of the molecule is O=CO[Cl+3]([O-])([O-])[O-]. The Labute approximate surface area is 40.9 Å². The molecule has 0 bridgehead atoms. The normalized spacial score (nSPS) is 10.7. The highest BCUT2D eigenvalue weighted by atomic mass is 35.7. The van der Waals surface area contributed by atoms with Crippen LogP contribution in [-0.4, -0.2) is 6.47 Å². The summed E-state index contributed by atoms with van der Waals surface area (Å²) in [5, 5.41) is 0. The smallest absolute Gasteiger partial charge is 0.238 e. The second-order valence-electron chi connectivity index (χ2n) is 0.563. The molecule has 0 rings (SSSR count). The van der Waals surface area contributed by atoms with Crippen molar-refractivity contribution in [3.05, 3.63) is 0 Å². The van der Waals surface area contributed by atoms with Crippen LogP contribution in [0.2, 0.25) is 0 Å². The van der Waals surface area contributed by atoms with Gasteiger partial charge in [-0.3, -0.25) is 0 Å². The quantitative estimate of drug-likeness (QED) is 0.354. The van der Waals surface area contributed by atoms with Crippen molar-refractivity contribution in [3.63, 3.8) is 0 Å². The van der Waals surface area contributed by atoms with Crippen molar-refractivity contribution < 1.29 is 33.3 Å². The predicted molar refractivity (Wildman–Crippen MR) is 7.15 cm³/mol.